The van der Waals surface area contributed by atoms with Crippen LogP contribution in [0.5, 0.6) is 0 Å². The molecule has 0 radical (unpaired) electrons. The molecular weight excluding hydrogens is 419 g/mol. The number of nitrogens with one attached hydrogen (secondary N) is 1. The molecule has 1 aliphatic heterocycles. The quantitative estimate of drug-likeness (QED) is 0.718. The van der Waals surface area contributed by atoms with E-state index >= 15 is 0 Å². The third-order valence-corrected chi connectivity index (χ3v) is 5.43. The molecule has 1 atom stereocenters. The lowest BCUT2D eigenvalue weighted by Crippen LogP contribution is -2.42. The molecule has 0 bridgehead atoms. The molecule has 1 heterocycles. The van der Waals surface area contributed by atoms with Crippen LogP contribution in [0.2, 0.25) is 5.02 Å². The highest BCUT2D eigenvalue weighted by Gasteiger charge is 2.38. The summed E-state index contributed by atoms with van der Waals surface area (Å²) in [5.41, 5.74) is 0.359. The van der Waals surface area contributed by atoms with Crippen molar-refractivity contribution in [2.75, 3.05) is 16.8 Å². The Morgan fingerprint density at radius 3 is 2.77 bits per heavy atom. The predicted molar refractivity (Wildman–Crippen MR) is 108 cm³/mol. The number of hydrogen-bond acceptors (Lipinski definition) is 3. The average Bonchev–Trinajstić information content (AvgIpc) is 3.11. The largest absolute Gasteiger partial charge is 0.418 e. The van der Waals surface area contributed by atoms with E-state index in [0.29, 0.717) is 24.2 Å². The summed E-state index contributed by atoms with van der Waals surface area (Å²) in [5.74, 6) is -1.42. The SMILES string of the molecule is O=C(CN1C(=O)[C@H]2CCCC2=Nc2ccccc21)Nc1ccc(Cl)cc1C(F)(F)F. The van der Waals surface area contributed by atoms with Gasteiger partial charge in [0.1, 0.15) is 6.54 Å². The highest BCUT2D eigenvalue weighted by atomic mass is 35.5. The van der Waals surface area contributed by atoms with Crippen LogP contribution in [0.1, 0.15) is 24.8 Å². The molecule has 0 spiro atoms. The fourth-order valence-corrected chi connectivity index (χ4v) is 4.01. The van der Waals surface area contributed by atoms with Crippen molar-refractivity contribution in [2.45, 2.75) is 25.4 Å². The molecule has 2 aliphatic rings. The van der Waals surface area contributed by atoms with E-state index in [9.17, 15) is 22.8 Å². The molecule has 156 valence electrons. The van der Waals surface area contributed by atoms with Crippen LogP contribution in [0.15, 0.2) is 47.5 Å². The molecular formula is C21H17ClF3N3O2. The number of carbonyl (C=O) groups is 2. The van der Waals surface area contributed by atoms with Crippen molar-refractivity contribution in [1.82, 2.24) is 0 Å². The van der Waals surface area contributed by atoms with Crippen molar-refractivity contribution >= 4 is 46.2 Å². The van der Waals surface area contributed by atoms with Crippen LogP contribution in [0.3, 0.4) is 0 Å². The summed E-state index contributed by atoms with van der Waals surface area (Å²) in [6, 6.07) is 10.0. The maximum absolute atomic E-state index is 13.3. The number of halogens is 4. The number of fused-ring (bicyclic) bond motifs is 2. The van der Waals surface area contributed by atoms with Gasteiger partial charge in [-0.05, 0) is 49.6 Å². The van der Waals surface area contributed by atoms with E-state index in [0.717, 1.165) is 24.3 Å². The number of nitrogens with zero attached hydrogens (tertiary/aromatic N) is 2. The van der Waals surface area contributed by atoms with Gasteiger partial charge in [0.05, 0.1) is 28.5 Å². The van der Waals surface area contributed by atoms with Crippen LogP contribution >= 0.6 is 11.6 Å². The van der Waals surface area contributed by atoms with Gasteiger partial charge in [0.25, 0.3) is 0 Å². The standard InChI is InChI=1S/C21H17ClF3N3O2/c22-12-8-9-16(14(10-12)21(23,24)25)27-19(29)11-28-18-7-2-1-5-17(18)26-15-6-3-4-13(15)20(28)30/h1-2,5,7-10,13H,3-4,6,11H2,(H,27,29)/t13-/m0/s1. The Morgan fingerprint density at radius 2 is 2.00 bits per heavy atom. The van der Waals surface area contributed by atoms with E-state index in [1.54, 1.807) is 24.3 Å². The number of rotatable bonds is 3. The van der Waals surface area contributed by atoms with Gasteiger partial charge in [0.2, 0.25) is 11.8 Å². The van der Waals surface area contributed by atoms with Crippen LogP contribution in [0, 0.1) is 5.92 Å². The Kier molecular flexibility index (Phi) is 5.27. The van der Waals surface area contributed by atoms with Gasteiger partial charge < -0.3 is 10.2 Å². The Labute approximate surface area is 175 Å². The van der Waals surface area contributed by atoms with Crippen molar-refractivity contribution in [1.29, 1.82) is 0 Å². The van der Waals surface area contributed by atoms with E-state index in [1.807, 2.05) is 0 Å². The molecule has 5 nitrogen and oxygen atoms in total. The highest BCUT2D eigenvalue weighted by Crippen LogP contribution is 2.39. The molecule has 0 aromatic heterocycles. The van der Waals surface area contributed by atoms with Gasteiger partial charge in [-0.3, -0.25) is 14.6 Å². The van der Waals surface area contributed by atoms with Crippen molar-refractivity contribution in [3.8, 4) is 0 Å². The Hall–Kier alpha value is -2.87. The summed E-state index contributed by atoms with van der Waals surface area (Å²) in [4.78, 5) is 31.7. The number of amides is 2. The smallest absolute Gasteiger partial charge is 0.324 e. The first kappa shape index (κ1) is 20.4. The molecule has 2 amide bonds. The topological polar surface area (TPSA) is 61.8 Å². The van der Waals surface area contributed by atoms with Gasteiger partial charge in [-0.15, -0.1) is 0 Å². The van der Waals surface area contributed by atoms with Crippen molar-refractivity contribution in [3.05, 3.63) is 53.1 Å². The van der Waals surface area contributed by atoms with Crippen LogP contribution in [0.4, 0.5) is 30.2 Å². The van der Waals surface area contributed by atoms with Gasteiger partial charge in [-0.2, -0.15) is 13.2 Å². The minimum Gasteiger partial charge on any atom is -0.324 e. The second-order valence-electron chi connectivity index (χ2n) is 7.20. The van der Waals surface area contributed by atoms with Gasteiger partial charge in [-0.25, -0.2) is 0 Å². The summed E-state index contributed by atoms with van der Waals surface area (Å²) in [7, 11) is 0. The lowest BCUT2D eigenvalue weighted by atomic mass is 10.1. The molecule has 1 N–H and O–H groups in total. The van der Waals surface area contributed by atoms with Crippen LogP contribution in [-0.2, 0) is 15.8 Å². The van der Waals surface area contributed by atoms with Gasteiger partial charge in [-0.1, -0.05) is 23.7 Å². The average molecular weight is 436 g/mol. The van der Waals surface area contributed by atoms with Gasteiger partial charge in [0, 0.05) is 10.7 Å². The molecule has 2 aromatic carbocycles. The highest BCUT2D eigenvalue weighted by molar-refractivity contribution is 6.30. The third kappa shape index (κ3) is 3.92. The molecule has 1 saturated carbocycles. The first-order valence-corrected chi connectivity index (χ1v) is 9.76. The monoisotopic (exact) mass is 435 g/mol. The summed E-state index contributed by atoms with van der Waals surface area (Å²) in [5, 5.41) is 2.18. The third-order valence-electron chi connectivity index (χ3n) is 5.19. The summed E-state index contributed by atoms with van der Waals surface area (Å²) in [6.07, 6.45) is -2.51. The minimum atomic E-state index is -4.69. The normalized spacial score (nSPS) is 18.4. The minimum absolute atomic E-state index is 0.0946. The first-order chi connectivity index (χ1) is 14.2. The molecule has 0 saturated heterocycles. The summed E-state index contributed by atoms with van der Waals surface area (Å²) >= 11 is 5.68. The van der Waals surface area contributed by atoms with Crippen molar-refractivity contribution in [2.24, 2.45) is 10.9 Å². The molecule has 0 unspecified atom stereocenters. The summed E-state index contributed by atoms with van der Waals surface area (Å²) in [6.45, 7) is -0.422. The molecule has 2 aromatic rings. The maximum Gasteiger partial charge on any atom is 0.418 e. The van der Waals surface area contributed by atoms with Crippen LogP contribution in [-0.4, -0.2) is 24.1 Å². The number of aliphatic imine (C=N–C) groups is 1. The summed E-state index contributed by atoms with van der Waals surface area (Å²) < 4.78 is 39.9. The number of anilines is 2. The Bertz CT molecular complexity index is 1050. The molecule has 4 rings (SSSR count). The fourth-order valence-electron chi connectivity index (χ4n) is 3.83. The number of hydrogen-bond donors (Lipinski definition) is 1. The number of benzene rings is 2. The first-order valence-electron chi connectivity index (χ1n) is 9.38. The second kappa shape index (κ2) is 7.75. The molecule has 1 fully saturated rings. The zero-order valence-electron chi connectivity index (χ0n) is 15.7. The Morgan fingerprint density at radius 1 is 1.23 bits per heavy atom. The second-order valence-corrected chi connectivity index (χ2v) is 7.63. The lowest BCUT2D eigenvalue weighted by Gasteiger charge is -2.24. The Balaban J connectivity index is 1.62. The maximum atomic E-state index is 13.3. The zero-order chi connectivity index (χ0) is 21.5. The van der Waals surface area contributed by atoms with Crippen molar-refractivity contribution in [3.63, 3.8) is 0 Å². The predicted octanol–water partition coefficient (Wildman–Crippen LogP) is 5.22. The van der Waals surface area contributed by atoms with E-state index < -0.39 is 35.8 Å². The van der Waals surface area contributed by atoms with E-state index in [4.69, 9.17) is 11.6 Å². The van der Waals surface area contributed by atoms with E-state index in [2.05, 4.69) is 10.3 Å². The van der Waals surface area contributed by atoms with E-state index in [1.165, 1.54) is 11.0 Å². The lowest BCUT2D eigenvalue weighted by molar-refractivity contribution is -0.137. The van der Waals surface area contributed by atoms with Crippen LogP contribution < -0.4 is 10.2 Å². The molecule has 1 aliphatic carbocycles. The zero-order valence-corrected chi connectivity index (χ0v) is 16.4. The fraction of sp³-hybridized carbons (Fsp3) is 0.286. The number of para-hydroxylation sites is 2. The van der Waals surface area contributed by atoms with Gasteiger partial charge >= 0.3 is 6.18 Å². The number of carbonyl (C=O) groups excluding carboxylic acids is 2. The van der Waals surface area contributed by atoms with E-state index in [-0.39, 0.29) is 10.9 Å². The molecule has 30 heavy (non-hydrogen) atoms. The van der Waals surface area contributed by atoms with Crippen molar-refractivity contribution < 1.29 is 22.8 Å². The molecule has 9 heteroatoms. The van der Waals surface area contributed by atoms with Gasteiger partial charge in [0.15, 0.2) is 0 Å². The number of alkyl halides is 3. The van der Waals surface area contributed by atoms with Crippen LogP contribution in [0.25, 0.3) is 0 Å².